The second-order valence-electron chi connectivity index (χ2n) is 5.20. The van der Waals surface area contributed by atoms with Gasteiger partial charge in [-0.3, -0.25) is 20.2 Å². The van der Waals surface area contributed by atoms with Crippen LogP contribution in [0.4, 0.5) is 11.4 Å². The molecule has 0 aliphatic carbocycles. The number of nitrogens with zero attached hydrogens (tertiary/aromatic N) is 1. The Bertz CT molecular complexity index is 841. The van der Waals surface area contributed by atoms with Crippen LogP contribution in [0.1, 0.15) is 5.56 Å². The highest BCUT2D eigenvalue weighted by Crippen LogP contribution is 2.28. The summed E-state index contributed by atoms with van der Waals surface area (Å²) in [7, 11) is 1.42. The zero-order valence-corrected chi connectivity index (χ0v) is 15.0. The summed E-state index contributed by atoms with van der Waals surface area (Å²) in [4.78, 5) is 22.3. The van der Waals surface area contributed by atoms with Crippen molar-refractivity contribution in [3.63, 3.8) is 0 Å². The minimum Gasteiger partial charge on any atom is -0.495 e. The zero-order valence-electron chi connectivity index (χ0n) is 14.1. The highest BCUT2D eigenvalue weighted by Gasteiger charge is 2.14. The molecule has 9 heteroatoms. The van der Waals surface area contributed by atoms with E-state index in [1.54, 1.807) is 12.1 Å². The molecule has 1 amide bonds. The SMILES string of the molecule is COc1ccc([N+](=O)[O-])cc1NC(=S)NC(=O)COc1ccccc1C. The van der Waals surface area contributed by atoms with E-state index in [2.05, 4.69) is 10.6 Å². The van der Waals surface area contributed by atoms with Crippen molar-refractivity contribution < 1.29 is 19.2 Å². The number of hydrogen-bond acceptors (Lipinski definition) is 6. The predicted octanol–water partition coefficient (Wildman–Crippen LogP) is 2.80. The number of thiocarbonyl (C=S) groups is 1. The highest BCUT2D eigenvalue weighted by molar-refractivity contribution is 7.80. The number of aryl methyl sites for hydroxylation is 1. The quantitative estimate of drug-likeness (QED) is 0.455. The number of carbonyl (C=O) groups is 1. The van der Waals surface area contributed by atoms with Crippen LogP contribution in [0.25, 0.3) is 0 Å². The number of hydrogen-bond donors (Lipinski definition) is 2. The number of anilines is 1. The van der Waals surface area contributed by atoms with Crippen LogP contribution in [-0.2, 0) is 4.79 Å². The van der Waals surface area contributed by atoms with Gasteiger partial charge in [0.1, 0.15) is 11.5 Å². The Kier molecular flexibility index (Phi) is 6.45. The van der Waals surface area contributed by atoms with Gasteiger partial charge in [0.2, 0.25) is 0 Å². The maximum atomic E-state index is 12.0. The highest BCUT2D eigenvalue weighted by atomic mass is 32.1. The number of nitro groups is 1. The smallest absolute Gasteiger partial charge is 0.271 e. The molecule has 2 aromatic carbocycles. The molecular formula is C17H17N3O5S. The third-order valence-corrected chi connectivity index (χ3v) is 3.55. The van der Waals surface area contributed by atoms with Gasteiger partial charge in [-0.25, -0.2) is 0 Å². The Balaban J connectivity index is 1.95. The van der Waals surface area contributed by atoms with Crippen molar-refractivity contribution in [3.05, 3.63) is 58.1 Å². The van der Waals surface area contributed by atoms with Gasteiger partial charge < -0.3 is 14.8 Å². The van der Waals surface area contributed by atoms with E-state index in [4.69, 9.17) is 21.7 Å². The molecule has 0 aliphatic heterocycles. The largest absolute Gasteiger partial charge is 0.495 e. The third kappa shape index (κ3) is 5.15. The molecule has 2 aromatic rings. The van der Waals surface area contributed by atoms with Crippen LogP contribution < -0.4 is 20.1 Å². The number of methoxy groups -OCH3 is 1. The summed E-state index contributed by atoms with van der Waals surface area (Å²) < 4.78 is 10.6. The van der Waals surface area contributed by atoms with Crippen molar-refractivity contribution in [1.82, 2.24) is 5.32 Å². The van der Waals surface area contributed by atoms with Crippen molar-refractivity contribution in [3.8, 4) is 11.5 Å². The van der Waals surface area contributed by atoms with Crippen LogP contribution in [0.2, 0.25) is 0 Å². The lowest BCUT2D eigenvalue weighted by atomic mass is 10.2. The molecule has 0 radical (unpaired) electrons. The maximum absolute atomic E-state index is 12.0. The number of nitro benzene ring substituents is 1. The van der Waals surface area contributed by atoms with E-state index in [1.807, 2.05) is 19.1 Å². The molecule has 0 spiro atoms. The standard InChI is InChI=1S/C17H17N3O5S/c1-11-5-3-4-6-14(11)25-10-16(21)19-17(26)18-13-9-12(20(22)23)7-8-15(13)24-2/h3-9H,10H2,1-2H3,(H2,18,19,21,26). The molecule has 2 rings (SSSR count). The van der Waals surface area contributed by atoms with Crippen molar-refractivity contribution >= 4 is 34.6 Å². The fraction of sp³-hybridized carbons (Fsp3) is 0.176. The molecule has 0 fully saturated rings. The normalized spacial score (nSPS) is 9.92. The summed E-state index contributed by atoms with van der Waals surface area (Å²) in [6, 6.07) is 11.3. The summed E-state index contributed by atoms with van der Waals surface area (Å²) in [6.07, 6.45) is 0. The minimum absolute atomic E-state index is 0.0258. The molecule has 0 heterocycles. The Morgan fingerprint density at radius 3 is 2.62 bits per heavy atom. The molecule has 0 aliphatic rings. The average Bonchev–Trinajstić information content (AvgIpc) is 2.60. The number of ether oxygens (including phenoxy) is 2. The van der Waals surface area contributed by atoms with Crippen LogP contribution in [-0.4, -0.2) is 29.7 Å². The Morgan fingerprint density at radius 1 is 1.23 bits per heavy atom. The fourth-order valence-corrected chi connectivity index (χ4v) is 2.31. The Labute approximate surface area is 155 Å². The number of amides is 1. The molecule has 0 unspecified atom stereocenters. The van der Waals surface area contributed by atoms with Crippen molar-refractivity contribution in [1.29, 1.82) is 0 Å². The second-order valence-corrected chi connectivity index (χ2v) is 5.61. The molecule has 8 nitrogen and oxygen atoms in total. The molecule has 136 valence electrons. The van der Waals surface area contributed by atoms with Crippen LogP contribution in [0.15, 0.2) is 42.5 Å². The first kappa shape index (κ1) is 19.1. The Morgan fingerprint density at radius 2 is 1.96 bits per heavy atom. The Hall–Kier alpha value is -3.20. The van der Waals surface area contributed by atoms with Crippen LogP contribution in [0.5, 0.6) is 11.5 Å². The van der Waals surface area contributed by atoms with Gasteiger partial charge >= 0.3 is 0 Å². The average molecular weight is 375 g/mol. The van der Waals surface area contributed by atoms with Crippen molar-refractivity contribution in [2.24, 2.45) is 0 Å². The fourth-order valence-electron chi connectivity index (χ4n) is 2.09. The minimum atomic E-state index is -0.539. The van der Waals surface area contributed by atoms with Gasteiger partial charge in [-0.1, -0.05) is 18.2 Å². The number of rotatable bonds is 6. The number of nitrogens with one attached hydrogen (secondary N) is 2. The molecule has 2 N–H and O–H groups in total. The summed E-state index contributed by atoms with van der Waals surface area (Å²) in [6.45, 7) is 1.65. The van der Waals surface area contributed by atoms with Gasteiger partial charge in [0.25, 0.3) is 11.6 Å². The van der Waals surface area contributed by atoms with E-state index in [0.717, 1.165) is 5.56 Å². The van der Waals surface area contributed by atoms with Crippen LogP contribution in [0.3, 0.4) is 0 Å². The van der Waals surface area contributed by atoms with E-state index in [9.17, 15) is 14.9 Å². The first-order chi connectivity index (χ1) is 12.4. The zero-order chi connectivity index (χ0) is 19.1. The molecule has 0 aromatic heterocycles. The second kappa shape index (κ2) is 8.77. The lowest BCUT2D eigenvalue weighted by Crippen LogP contribution is -2.37. The summed E-state index contributed by atoms with van der Waals surface area (Å²) >= 11 is 5.06. The molecule has 0 atom stereocenters. The van der Waals surface area contributed by atoms with Crippen molar-refractivity contribution in [2.75, 3.05) is 19.0 Å². The van der Waals surface area contributed by atoms with E-state index < -0.39 is 10.8 Å². The van der Waals surface area contributed by atoms with Gasteiger partial charge in [0.15, 0.2) is 11.7 Å². The number of para-hydroxylation sites is 1. The first-order valence-corrected chi connectivity index (χ1v) is 7.93. The number of non-ortho nitro benzene ring substituents is 1. The van der Waals surface area contributed by atoms with Gasteiger partial charge in [-0.2, -0.15) is 0 Å². The molecule has 0 saturated carbocycles. The predicted molar refractivity (Wildman–Crippen MR) is 101 cm³/mol. The lowest BCUT2D eigenvalue weighted by Gasteiger charge is -2.13. The topological polar surface area (TPSA) is 103 Å². The third-order valence-electron chi connectivity index (χ3n) is 3.35. The van der Waals surface area contributed by atoms with Crippen LogP contribution in [0, 0.1) is 17.0 Å². The van der Waals surface area contributed by atoms with Gasteiger partial charge in [-0.05, 0) is 36.8 Å². The lowest BCUT2D eigenvalue weighted by molar-refractivity contribution is -0.384. The summed E-state index contributed by atoms with van der Waals surface area (Å²) in [5.74, 6) is 0.486. The first-order valence-electron chi connectivity index (χ1n) is 7.52. The molecular weight excluding hydrogens is 358 g/mol. The van der Waals surface area contributed by atoms with Crippen molar-refractivity contribution in [2.45, 2.75) is 6.92 Å². The van der Waals surface area contributed by atoms with E-state index in [-0.39, 0.29) is 23.1 Å². The van der Waals surface area contributed by atoms with E-state index in [1.165, 1.54) is 25.3 Å². The van der Waals surface area contributed by atoms with Crippen LogP contribution >= 0.6 is 12.2 Å². The van der Waals surface area contributed by atoms with Gasteiger partial charge in [0.05, 0.1) is 17.7 Å². The maximum Gasteiger partial charge on any atom is 0.271 e. The van der Waals surface area contributed by atoms with E-state index >= 15 is 0 Å². The van der Waals surface area contributed by atoms with E-state index in [0.29, 0.717) is 11.5 Å². The monoisotopic (exact) mass is 375 g/mol. The molecule has 0 saturated heterocycles. The molecule has 0 bridgehead atoms. The summed E-state index contributed by atoms with van der Waals surface area (Å²) in [5.41, 5.74) is 1.04. The number of carbonyl (C=O) groups excluding carboxylic acids is 1. The summed E-state index contributed by atoms with van der Waals surface area (Å²) in [5, 5.41) is 16.0. The van der Waals surface area contributed by atoms with Gasteiger partial charge in [-0.15, -0.1) is 0 Å². The molecule has 26 heavy (non-hydrogen) atoms. The number of benzene rings is 2. The van der Waals surface area contributed by atoms with Gasteiger partial charge in [0, 0.05) is 12.1 Å².